The summed E-state index contributed by atoms with van der Waals surface area (Å²) >= 11 is 0. The Morgan fingerprint density at radius 3 is 2.68 bits per heavy atom. The highest BCUT2D eigenvalue weighted by atomic mass is 32.2. The number of primary sulfonamides is 1. The van der Waals surface area contributed by atoms with Gasteiger partial charge in [-0.15, -0.1) is 0 Å². The molecule has 0 amide bonds. The van der Waals surface area contributed by atoms with Crippen LogP contribution in [0.2, 0.25) is 0 Å². The summed E-state index contributed by atoms with van der Waals surface area (Å²) in [4.78, 5) is 9.87. The van der Waals surface area contributed by atoms with Gasteiger partial charge >= 0.3 is 0 Å². The van der Waals surface area contributed by atoms with Crippen molar-refractivity contribution >= 4 is 15.7 Å². The molecule has 1 aromatic heterocycles. The number of rotatable bonds is 4. The average molecular weight is 323 g/mol. The van der Waals surface area contributed by atoms with Gasteiger partial charge in [-0.2, -0.15) is 5.10 Å². The summed E-state index contributed by atoms with van der Waals surface area (Å²) in [5, 5.41) is 23.3. The van der Waals surface area contributed by atoms with Crippen LogP contribution in [-0.4, -0.2) is 36.2 Å². The summed E-state index contributed by atoms with van der Waals surface area (Å²) in [5.74, 6) is 0. The number of nitrogens with zero attached hydrogens (tertiary/aromatic N) is 3. The van der Waals surface area contributed by atoms with Crippen LogP contribution in [0.1, 0.15) is 6.04 Å². The minimum absolute atomic E-state index is 0.227. The number of nitro groups is 1. The first kappa shape index (κ1) is 14.6. The van der Waals surface area contributed by atoms with Crippen molar-refractivity contribution in [1.82, 2.24) is 15.1 Å². The van der Waals surface area contributed by atoms with Crippen LogP contribution in [0.25, 0.3) is 11.1 Å². The lowest BCUT2D eigenvalue weighted by Gasteiger charge is -2.27. The number of sulfonamides is 1. The molecule has 0 atom stereocenters. The van der Waals surface area contributed by atoms with E-state index in [2.05, 4.69) is 10.4 Å². The number of benzene rings is 1. The molecule has 10 heteroatoms. The SMILES string of the molecule is NS(=O)(=O)c1cc([N+](=O)[O-])ccc1-c1cnn(C2CNC2)c1. The molecule has 1 aromatic carbocycles. The lowest BCUT2D eigenvalue weighted by molar-refractivity contribution is -0.385. The van der Waals surface area contributed by atoms with Crippen LogP contribution in [0, 0.1) is 10.1 Å². The van der Waals surface area contributed by atoms with Gasteiger partial charge in [-0.1, -0.05) is 0 Å². The minimum atomic E-state index is -4.09. The largest absolute Gasteiger partial charge is 0.312 e. The Balaban J connectivity index is 2.09. The number of nitro benzene ring substituents is 1. The first-order valence-corrected chi connectivity index (χ1v) is 7.97. The van der Waals surface area contributed by atoms with Crippen LogP contribution in [0.5, 0.6) is 0 Å². The van der Waals surface area contributed by atoms with Crippen LogP contribution in [-0.2, 0) is 10.0 Å². The fraction of sp³-hybridized carbons (Fsp3) is 0.250. The maximum Gasteiger partial charge on any atom is 0.270 e. The molecule has 0 saturated carbocycles. The average Bonchev–Trinajstić information content (AvgIpc) is 2.84. The Hall–Kier alpha value is -2.30. The predicted molar refractivity (Wildman–Crippen MR) is 77.6 cm³/mol. The first-order chi connectivity index (χ1) is 10.4. The van der Waals surface area contributed by atoms with E-state index >= 15 is 0 Å². The van der Waals surface area contributed by atoms with E-state index in [0.717, 1.165) is 19.2 Å². The van der Waals surface area contributed by atoms with Crippen molar-refractivity contribution in [2.24, 2.45) is 5.14 Å². The number of hydrogen-bond donors (Lipinski definition) is 2. The van der Waals surface area contributed by atoms with Gasteiger partial charge < -0.3 is 5.32 Å². The zero-order valence-corrected chi connectivity index (χ0v) is 12.2. The van der Waals surface area contributed by atoms with Crippen molar-refractivity contribution < 1.29 is 13.3 Å². The molecule has 0 spiro atoms. The fourth-order valence-electron chi connectivity index (χ4n) is 2.24. The molecule has 2 aromatic rings. The smallest absolute Gasteiger partial charge is 0.270 e. The quantitative estimate of drug-likeness (QED) is 0.612. The summed E-state index contributed by atoms with van der Waals surface area (Å²) in [5.41, 5.74) is 0.515. The summed E-state index contributed by atoms with van der Waals surface area (Å²) in [6, 6.07) is 3.81. The highest BCUT2D eigenvalue weighted by Gasteiger charge is 2.23. The standard InChI is InChI=1S/C12H13N5O4S/c13-22(20,21)12-3-9(17(18)19)1-2-11(12)8-4-15-16(7-8)10-5-14-6-10/h1-4,7,10,14H,5-6H2,(H2,13,20,21). The Morgan fingerprint density at radius 1 is 1.41 bits per heavy atom. The van der Waals surface area contributed by atoms with Crippen molar-refractivity contribution in [3.63, 3.8) is 0 Å². The van der Waals surface area contributed by atoms with Gasteiger partial charge in [-0.05, 0) is 6.07 Å². The second-order valence-electron chi connectivity index (χ2n) is 5.00. The molecule has 9 nitrogen and oxygen atoms in total. The van der Waals surface area contributed by atoms with Gasteiger partial charge in [0.25, 0.3) is 5.69 Å². The van der Waals surface area contributed by atoms with Gasteiger partial charge in [-0.3, -0.25) is 14.8 Å². The normalized spacial score (nSPS) is 15.5. The molecule has 2 heterocycles. The second-order valence-corrected chi connectivity index (χ2v) is 6.53. The number of non-ortho nitro benzene ring substituents is 1. The van der Waals surface area contributed by atoms with E-state index in [1.54, 1.807) is 10.9 Å². The lowest BCUT2D eigenvalue weighted by Crippen LogP contribution is -2.43. The predicted octanol–water partition coefficient (Wildman–Crippen LogP) is 0.250. The molecule has 116 valence electrons. The summed E-state index contributed by atoms with van der Waals surface area (Å²) in [6.07, 6.45) is 3.23. The molecule has 22 heavy (non-hydrogen) atoms. The van der Waals surface area contributed by atoms with Crippen LogP contribution < -0.4 is 10.5 Å². The summed E-state index contributed by atoms with van der Waals surface area (Å²) in [7, 11) is -4.09. The topological polar surface area (TPSA) is 133 Å². The van der Waals surface area contributed by atoms with Crippen molar-refractivity contribution in [2.45, 2.75) is 10.9 Å². The Kier molecular flexibility index (Phi) is 3.43. The molecular weight excluding hydrogens is 310 g/mol. The van der Waals surface area contributed by atoms with Crippen LogP contribution in [0.4, 0.5) is 5.69 Å². The van der Waals surface area contributed by atoms with E-state index in [4.69, 9.17) is 5.14 Å². The van der Waals surface area contributed by atoms with Crippen molar-refractivity contribution in [3.8, 4) is 11.1 Å². The Labute approximate surface area is 125 Å². The molecule has 1 saturated heterocycles. The van der Waals surface area contributed by atoms with Gasteiger partial charge in [-0.25, -0.2) is 13.6 Å². The molecule has 3 rings (SSSR count). The Morgan fingerprint density at radius 2 is 2.14 bits per heavy atom. The fourth-order valence-corrected chi connectivity index (χ4v) is 3.01. The molecule has 0 bridgehead atoms. The number of hydrogen-bond acceptors (Lipinski definition) is 6. The van der Waals surface area contributed by atoms with E-state index in [1.807, 2.05) is 0 Å². The van der Waals surface area contributed by atoms with Crippen molar-refractivity contribution in [1.29, 1.82) is 0 Å². The van der Waals surface area contributed by atoms with Crippen molar-refractivity contribution in [3.05, 3.63) is 40.7 Å². The van der Waals surface area contributed by atoms with E-state index in [1.165, 1.54) is 18.3 Å². The number of nitrogens with one attached hydrogen (secondary N) is 1. The van der Waals surface area contributed by atoms with Crippen molar-refractivity contribution in [2.75, 3.05) is 13.1 Å². The number of nitrogens with two attached hydrogens (primary N) is 1. The molecule has 1 fully saturated rings. The monoisotopic (exact) mass is 323 g/mol. The minimum Gasteiger partial charge on any atom is -0.312 e. The molecule has 1 aliphatic heterocycles. The van der Waals surface area contributed by atoms with Crippen LogP contribution in [0.15, 0.2) is 35.5 Å². The van der Waals surface area contributed by atoms with Gasteiger partial charge in [0.05, 0.1) is 22.1 Å². The zero-order valence-electron chi connectivity index (χ0n) is 11.3. The van der Waals surface area contributed by atoms with E-state index in [-0.39, 0.29) is 16.6 Å². The van der Waals surface area contributed by atoms with Gasteiger partial charge in [0.1, 0.15) is 0 Å². The third-order valence-electron chi connectivity index (χ3n) is 3.53. The molecular formula is C12H13N5O4S. The second kappa shape index (κ2) is 5.16. The summed E-state index contributed by atoms with van der Waals surface area (Å²) in [6.45, 7) is 1.59. The zero-order chi connectivity index (χ0) is 15.9. The molecule has 3 N–H and O–H groups in total. The Bertz CT molecular complexity index is 841. The highest BCUT2D eigenvalue weighted by molar-refractivity contribution is 7.89. The molecule has 1 aliphatic rings. The third-order valence-corrected chi connectivity index (χ3v) is 4.48. The number of aromatic nitrogens is 2. The third kappa shape index (κ3) is 2.58. The maximum atomic E-state index is 11.7. The van der Waals surface area contributed by atoms with E-state index < -0.39 is 14.9 Å². The highest BCUT2D eigenvalue weighted by Crippen LogP contribution is 2.30. The van der Waals surface area contributed by atoms with Crippen LogP contribution >= 0.6 is 0 Å². The van der Waals surface area contributed by atoms with Gasteiger partial charge in [0.2, 0.25) is 10.0 Å². The van der Waals surface area contributed by atoms with E-state index in [0.29, 0.717) is 11.1 Å². The molecule has 0 aliphatic carbocycles. The van der Waals surface area contributed by atoms with Gasteiger partial charge in [0, 0.05) is 42.5 Å². The lowest BCUT2D eigenvalue weighted by atomic mass is 10.1. The van der Waals surface area contributed by atoms with Crippen LogP contribution in [0.3, 0.4) is 0 Å². The van der Waals surface area contributed by atoms with E-state index in [9.17, 15) is 18.5 Å². The maximum absolute atomic E-state index is 11.7. The first-order valence-electron chi connectivity index (χ1n) is 6.43. The molecule has 0 unspecified atom stereocenters. The summed E-state index contributed by atoms with van der Waals surface area (Å²) < 4.78 is 25.2. The van der Waals surface area contributed by atoms with Gasteiger partial charge in [0.15, 0.2) is 0 Å². The molecule has 0 radical (unpaired) electrons.